The lowest BCUT2D eigenvalue weighted by Crippen LogP contribution is -2.26. The number of hydrogen-bond donors (Lipinski definition) is 1. The molecule has 100 valence electrons. The Labute approximate surface area is 131 Å². The second kappa shape index (κ2) is 6.05. The van der Waals surface area contributed by atoms with Crippen molar-refractivity contribution in [3.8, 4) is 0 Å². The number of nitrogens with one attached hydrogen (secondary N) is 1. The van der Waals surface area contributed by atoms with Gasteiger partial charge in [0.05, 0.1) is 14.5 Å². The van der Waals surface area contributed by atoms with Crippen LogP contribution in [0.25, 0.3) is 0 Å². The van der Waals surface area contributed by atoms with Gasteiger partial charge >= 0.3 is 0 Å². The summed E-state index contributed by atoms with van der Waals surface area (Å²) in [7, 11) is 0. The van der Waals surface area contributed by atoms with Gasteiger partial charge in [0.2, 0.25) is 0 Å². The van der Waals surface area contributed by atoms with Crippen LogP contribution in [0, 0.1) is 16.7 Å². The second-order valence-corrected chi connectivity index (χ2v) is 7.50. The zero-order chi connectivity index (χ0) is 14.0. The van der Waals surface area contributed by atoms with Gasteiger partial charge in [-0.3, -0.25) is 4.79 Å². The smallest absolute Gasteiger partial charge is 0.252 e. The van der Waals surface area contributed by atoms with E-state index < -0.39 is 0 Å². The normalized spacial score (nSPS) is 12.2. The molecule has 1 aromatic heterocycles. The van der Waals surface area contributed by atoms with Gasteiger partial charge in [0.15, 0.2) is 0 Å². The van der Waals surface area contributed by atoms with Crippen molar-refractivity contribution in [2.75, 3.05) is 0 Å². The molecule has 1 amide bonds. The summed E-state index contributed by atoms with van der Waals surface area (Å²) in [5.41, 5.74) is 4.34. The molecule has 2 rings (SSSR count). The molecule has 1 atom stereocenters. The number of thiophene rings is 1. The van der Waals surface area contributed by atoms with Crippen molar-refractivity contribution in [1.82, 2.24) is 5.32 Å². The summed E-state index contributed by atoms with van der Waals surface area (Å²) in [5.74, 6) is -0.00688. The van der Waals surface area contributed by atoms with Gasteiger partial charge in [-0.25, -0.2) is 0 Å². The minimum Gasteiger partial charge on any atom is -0.345 e. The van der Waals surface area contributed by atoms with Gasteiger partial charge in [-0.05, 0) is 60.6 Å². The Bertz CT molecular complexity index is 606. The predicted molar refractivity (Wildman–Crippen MR) is 88.8 cm³/mol. The molecule has 0 aliphatic rings. The molecule has 0 saturated carbocycles. The van der Waals surface area contributed by atoms with Gasteiger partial charge in [-0.2, -0.15) is 0 Å². The highest BCUT2D eigenvalue weighted by molar-refractivity contribution is 14.1. The Morgan fingerprint density at radius 2 is 2.05 bits per heavy atom. The van der Waals surface area contributed by atoms with Crippen molar-refractivity contribution < 1.29 is 4.79 Å². The van der Waals surface area contributed by atoms with Crippen LogP contribution >= 0.6 is 33.9 Å². The Morgan fingerprint density at radius 1 is 1.32 bits per heavy atom. The van der Waals surface area contributed by atoms with Crippen molar-refractivity contribution in [1.29, 1.82) is 0 Å². The summed E-state index contributed by atoms with van der Waals surface area (Å²) in [6.07, 6.45) is 0. The maximum atomic E-state index is 12.1. The molecule has 1 heterocycles. The van der Waals surface area contributed by atoms with Crippen LogP contribution in [0.2, 0.25) is 0 Å². The van der Waals surface area contributed by atoms with E-state index in [0.29, 0.717) is 0 Å². The average Bonchev–Trinajstić information content (AvgIpc) is 2.79. The molecule has 1 unspecified atom stereocenters. The number of carbonyl (C=O) groups is 1. The number of rotatable bonds is 3. The Kier molecular flexibility index (Phi) is 4.62. The molecule has 1 N–H and O–H groups in total. The fourth-order valence-corrected chi connectivity index (χ4v) is 3.34. The molecule has 2 nitrogen and oxygen atoms in total. The maximum absolute atomic E-state index is 12.1. The molecule has 2 aromatic rings. The summed E-state index contributed by atoms with van der Waals surface area (Å²) >= 11 is 3.81. The molecule has 0 saturated heterocycles. The highest BCUT2D eigenvalue weighted by atomic mass is 127. The van der Waals surface area contributed by atoms with Crippen molar-refractivity contribution in [2.24, 2.45) is 0 Å². The summed E-state index contributed by atoms with van der Waals surface area (Å²) in [5, 5.41) is 4.95. The van der Waals surface area contributed by atoms with Crippen LogP contribution in [0.3, 0.4) is 0 Å². The van der Waals surface area contributed by atoms with Crippen LogP contribution in [0.15, 0.2) is 29.6 Å². The Hall–Kier alpha value is -0.880. The van der Waals surface area contributed by atoms with Crippen molar-refractivity contribution >= 4 is 39.8 Å². The third kappa shape index (κ3) is 3.57. The zero-order valence-corrected chi connectivity index (χ0v) is 14.1. The van der Waals surface area contributed by atoms with E-state index in [0.717, 1.165) is 8.45 Å². The summed E-state index contributed by atoms with van der Waals surface area (Å²) in [4.78, 5) is 12.1. The van der Waals surface area contributed by atoms with Crippen LogP contribution in [-0.2, 0) is 0 Å². The van der Waals surface area contributed by atoms with Gasteiger partial charge in [0.25, 0.3) is 5.91 Å². The molecular formula is C15H16INOS. The molecule has 0 bridgehead atoms. The number of hydrogen-bond acceptors (Lipinski definition) is 2. The van der Waals surface area contributed by atoms with Crippen LogP contribution in [0.5, 0.6) is 0 Å². The van der Waals surface area contributed by atoms with E-state index in [9.17, 15) is 4.79 Å². The van der Waals surface area contributed by atoms with E-state index in [-0.39, 0.29) is 11.9 Å². The topological polar surface area (TPSA) is 29.1 Å². The minimum absolute atomic E-state index is 0.00688. The highest BCUT2D eigenvalue weighted by Gasteiger charge is 2.14. The number of aryl methyl sites for hydroxylation is 2. The predicted octanol–water partition coefficient (Wildman–Crippen LogP) is 4.46. The largest absolute Gasteiger partial charge is 0.345 e. The Morgan fingerprint density at radius 3 is 2.68 bits per heavy atom. The first-order valence-electron chi connectivity index (χ1n) is 6.09. The van der Waals surface area contributed by atoms with Crippen LogP contribution in [0.1, 0.15) is 40.0 Å². The summed E-state index contributed by atoms with van der Waals surface area (Å²) in [6, 6.07) is 8.26. The summed E-state index contributed by atoms with van der Waals surface area (Å²) < 4.78 is 1.13. The number of benzene rings is 1. The fraction of sp³-hybridized carbons (Fsp3) is 0.267. The molecule has 19 heavy (non-hydrogen) atoms. The molecule has 0 aliphatic carbocycles. The number of halogens is 1. The SMILES string of the molecule is Cc1ccc(C)c(C(C)NC(=O)c2csc(I)c2)c1. The molecule has 1 aromatic carbocycles. The van der Waals surface area contributed by atoms with E-state index in [1.165, 1.54) is 16.7 Å². The van der Waals surface area contributed by atoms with Crippen LogP contribution in [-0.4, -0.2) is 5.91 Å². The molecule has 0 fully saturated rings. The second-order valence-electron chi connectivity index (χ2n) is 4.69. The van der Waals surface area contributed by atoms with E-state index in [1.54, 1.807) is 11.3 Å². The highest BCUT2D eigenvalue weighted by Crippen LogP contribution is 2.21. The van der Waals surface area contributed by atoms with Crippen molar-refractivity contribution in [3.05, 3.63) is 54.8 Å². The number of carbonyl (C=O) groups excluding carboxylic acids is 1. The minimum atomic E-state index is -0.00688. The molecule has 0 aliphatic heterocycles. The van der Waals surface area contributed by atoms with E-state index in [1.807, 2.05) is 18.4 Å². The van der Waals surface area contributed by atoms with Crippen LogP contribution in [0.4, 0.5) is 0 Å². The van der Waals surface area contributed by atoms with Gasteiger partial charge in [-0.15, -0.1) is 11.3 Å². The van der Waals surface area contributed by atoms with Gasteiger partial charge < -0.3 is 5.32 Å². The van der Waals surface area contributed by atoms with Crippen molar-refractivity contribution in [2.45, 2.75) is 26.8 Å². The third-order valence-electron chi connectivity index (χ3n) is 3.08. The lowest BCUT2D eigenvalue weighted by atomic mass is 10.00. The zero-order valence-electron chi connectivity index (χ0n) is 11.2. The van der Waals surface area contributed by atoms with E-state index in [2.05, 4.69) is 60.0 Å². The molecule has 4 heteroatoms. The third-order valence-corrected chi connectivity index (χ3v) is 4.87. The maximum Gasteiger partial charge on any atom is 0.252 e. The van der Waals surface area contributed by atoms with Gasteiger partial charge in [0.1, 0.15) is 0 Å². The van der Waals surface area contributed by atoms with E-state index in [4.69, 9.17) is 0 Å². The first-order valence-corrected chi connectivity index (χ1v) is 8.05. The van der Waals surface area contributed by atoms with Gasteiger partial charge in [-0.1, -0.05) is 23.8 Å². The fourth-order valence-electron chi connectivity index (χ4n) is 2.01. The number of amides is 1. The van der Waals surface area contributed by atoms with E-state index >= 15 is 0 Å². The first kappa shape index (κ1) is 14.5. The summed E-state index contributed by atoms with van der Waals surface area (Å²) in [6.45, 7) is 6.17. The standard InChI is InChI=1S/C15H16INOS/c1-9-4-5-10(2)13(6-9)11(3)17-15(18)12-7-14(16)19-8-12/h4-8,11H,1-3H3,(H,17,18). The lowest BCUT2D eigenvalue weighted by molar-refractivity contribution is 0.0940. The quantitative estimate of drug-likeness (QED) is 0.777. The van der Waals surface area contributed by atoms with Gasteiger partial charge in [0, 0.05) is 5.38 Å². The monoisotopic (exact) mass is 385 g/mol. The average molecular weight is 385 g/mol. The molecule has 0 radical (unpaired) electrons. The molecule has 0 spiro atoms. The Balaban J connectivity index is 2.14. The van der Waals surface area contributed by atoms with Crippen molar-refractivity contribution in [3.63, 3.8) is 0 Å². The lowest BCUT2D eigenvalue weighted by Gasteiger charge is -2.17. The molecular weight excluding hydrogens is 369 g/mol. The van der Waals surface area contributed by atoms with Crippen LogP contribution < -0.4 is 5.32 Å². The first-order chi connectivity index (χ1) is 8.97.